The molecular formula is C12H13BrFNO2. The van der Waals surface area contributed by atoms with Crippen molar-refractivity contribution < 1.29 is 14.3 Å². The van der Waals surface area contributed by atoms with Crippen LogP contribution in [0.2, 0.25) is 0 Å². The molecule has 0 saturated heterocycles. The van der Waals surface area contributed by atoms with Gasteiger partial charge in [-0.2, -0.15) is 0 Å². The summed E-state index contributed by atoms with van der Waals surface area (Å²) in [5.41, 5.74) is 0.133. The molecule has 1 aliphatic rings. The number of halogens is 2. The number of carbonyl (C=O) groups excluding carboxylic acids is 1. The van der Waals surface area contributed by atoms with Crippen LogP contribution in [-0.4, -0.2) is 24.2 Å². The zero-order valence-electron chi connectivity index (χ0n) is 9.17. The van der Waals surface area contributed by atoms with Gasteiger partial charge in [-0.25, -0.2) is 4.39 Å². The maximum absolute atomic E-state index is 13.2. The second kappa shape index (κ2) is 4.74. The van der Waals surface area contributed by atoms with E-state index in [0.717, 1.165) is 12.8 Å². The number of amides is 1. The van der Waals surface area contributed by atoms with Crippen LogP contribution in [0.4, 0.5) is 4.39 Å². The van der Waals surface area contributed by atoms with E-state index < -0.39 is 5.82 Å². The van der Waals surface area contributed by atoms with Crippen molar-refractivity contribution in [1.29, 1.82) is 0 Å². The molecule has 1 aromatic carbocycles. The van der Waals surface area contributed by atoms with E-state index in [1.807, 2.05) is 0 Å². The minimum absolute atomic E-state index is 0.0810. The summed E-state index contributed by atoms with van der Waals surface area (Å²) in [6.45, 7) is 0.517. The van der Waals surface area contributed by atoms with Crippen molar-refractivity contribution in [2.75, 3.05) is 13.2 Å². The molecule has 1 saturated carbocycles. The molecule has 0 radical (unpaired) electrons. The van der Waals surface area contributed by atoms with Crippen LogP contribution < -0.4 is 5.32 Å². The number of nitrogens with one attached hydrogen (secondary N) is 1. The van der Waals surface area contributed by atoms with E-state index in [4.69, 9.17) is 5.11 Å². The van der Waals surface area contributed by atoms with E-state index in [-0.39, 0.29) is 28.0 Å². The van der Waals surface area contributed by atoms with Gasteiger partial charge in [0.05, 0.1) is 16.6 Å². The van der Waals surface area contributed by atoms with E-state index in [1.54, 1.807) is 6.07 Å². The Labute approximate surface area is 107 Å². The highest BCUT2D eigenvalue weighted by atomic mass is 79.9. The fourth-order valence-corrected chi connectivity index (χ4v) is 2.05. The SMILES string of the molecule is O=C(NCC1(CO)CC1)c1cccc(F)c1Br. The quantitative estimate of drug-likeness (QED) is 0.895. The van der Waals surface area contributed by atoms with Crippen LogP contribution in [0.3, 0.4) is 0 Å². The third-order valence-corrected chi connectivity index (χ3v) is 3.92. The second-order valence-electron chi connectivity index (χ2n) is 4.44. The average Bonchev–Trinajstić information content (AvgIpc) is 3.10. The Morgan fingerprint density at radius 3 is 2.82 bits per heavy atom. The smallest absolute Gasteiger partial charge is 0.252 e. The van der Waals surface area contributed by atoms with Gasteiger partial charge in [0.1, 0.15) is 5.82 Å². The first-order valence-electron chi connectivity index (χ1n) is 5.41. The topological polar surface area (TPSA) is 49.3 Å². The van der Waals surface area contributed by atoms with Crippen LogP contribution in [0.25, 0.3) is 0 Å². The fourth-order valence-electron chi connectivity index (χ4n) is 1.61. The van der Waals surface area contributed by atoms with Gasteiger partial charge in [-0.3, -0.25) is 4.79 Å². The summed E-state index contributed by atoms with van der Waals surface area (Å²) in [6, 6.07) is 4.34. The van der Waals surface area contributed by atoms with Crippen molar-refractivity contribution in [3.63, 3.8) is 0 Å². The first-order valence-corrected chi connectivity index (χ1v) is 6.20. The van der Waals surface area contributed by atoms with Gasteiger partial charge in [0, 0.05) is 12.0 Å². The molecule has 5 heteroatoms. The van der Waals surface area contributed by atoms with Crippen molar-refractivity contribution in [2.45, 2.75) is 12.8 Å². The van der Waals surface area contributed by atoms with Gasteiger partial charge in [-0.15, -0.1) is 0 Å². The first kappa shape index (κ1) is 12.5. The zero-order chi connectivity index (χ0) is 12.5. The molecule has 0 unspecified atom stereocenters. The van der Waals surface area contributed by atoms with Gasteiger partial charge in [-0.1, -0.05) is 6.07 Å². The Kier molecular flexibility index (Phi) is 3.49. The van der Waals surface area contributed by atoms with E-state index >= 15 is 0 Å². The largest absolute Gasteiger partial charge is 0.396 e. The van der Waals surface area contributed by atoms with Gasteiger partial charge in [0.25, 0.3) is 5.91 Å². The number of aliphatic hydroxyl groups is 1. The highest BCUT2D eigenvalue weighted by Crippen LogP contribution is 2.44. The van der Waals surface area contributed by atoms with Crippen LogP contribution in [0, 0.1) is 11.2 Å². The minimum Gasteiger partial charge on any atom is -0.396 e. The predicted octanol–water partition coefficient (Wildman–Crippen LogP) is 2.09. The van der Waals surface area contributed by atoms with Crippen molar-refractivity contribution >= 4 is 21.8 Å². The maximum Gasteiger partial charge on any atom is 0.252 e. The fraction of sp³-hybridized carbons (Fsp3) is 0.417. The Hall–Kier alpha value is -0.940. The number of rotatable bonds is 4. The van der Waals surface area contributed by atoms with Crippen molar-refractivity contribution in [3.8, 4) is 0 Å². The average molecular weight is 302 g/mol. The van der Waals surface area contributed by atoms with Gasteiger partial charge >= 0.3 is 0 Å². The Bertz CT molecular complexity index is 446. The van der Waals surface area contributed by atoms with E-state index in [1.165, 1.54) is 12.1 Å². The van der Waals surface area contributed by atoms with Crippen LogP contribution in [0.5, 0.6) is 0 Å². The number of aliphatic hydroxyl groups excluding tert-OH is 1. The summed E-state index contributed by atoms with van der Waals surface area (Å²) in [5.74, 6) is -0.781. The summed E-state index contributed by atoms with van der Waals surface area (Å²) in [4.78, 5) is 11.8. The molecule has 3 nitrogen and oxygen atoms in total. The number of hydrogen-bond donors (Lipinski definition) is 2. The van der Waals surface area contributed by atoms with Crippen LogP contribution in [-0.2, 0) is 0 Å². The highest BCUT2D eigenvalue weighted by molar-refractivity contribution is 9.10. The van der Waals surface area contributed by atoms with Crippen LogP contribution in [0.1, 0.15) is 23.2 Å². The third kappa shape index (κ3) is 2.66. The van der Waals surface area contributed by atoms with Gasteiger partial charge in [0.15, 0.2) is 0 Å². The molecule has 0 heterocycles. The van der Waals surface area contributed by atoms with Crippen molar-refractivity contribution in [1.82, 2.24) is 5.32 Å². The Balaban J connectivity index is 2.02. The molecule has 0 aromatic heterocycles. The lowest BCUT2D eigenvalue weighted by Crippen LogP contribution is -2.32. The lowest BCUT2D eigenvalue weighted by molar-refractivity contribution is 0.0934. The Morgan fingerprint density at radius 1 is 1.53 bits per heavy atom. The third-order valence-electron chi connectivity index (χ3n) is 3.11. The standard InChI is InChI=1S/C12H13BrFNO2/c13-10-8(2-1-3-9(10)14)11(17)15-6-12(7-16)4-5-12/h1-3,16H,4-7H2,(H,15,17). The zero-order valence-corrected chi connectivity index (χ0v) is 10.8. The maximum atomic E-state index is 13.2. The summed E-state index contributed by atoms with van der Waals surface area (Å²) >= 11 is 3.05. The molecule has 0 atom stereocenters. The summed E-state index contributed by atoms with van der Waals surface area (Å²) in [7, 11) is 0. The molecule has 0 spiro atoms. The molecule has 1 fully saturated rings. The molecular weight excluding hydrogens is 289 g/mol. The van der Waals surface area contributed by atoms with Gasteiger partial charge < -0.3 is 10.4 Å². The van der Waals surface area contributed by atoms with Gasteiger partial charge in [0.2, 0.25) is 0 Å². The van der Waals surface area contributed by atoms with Crippen molar-refractivity contribution in [3.05, 3.63) is 34.1 Å². The molecule has 2 N–H and O–H groups in total. The molecule has 1 aliphatic carbocycles. The highest BCUT2D eigenvalue weighted by Gasteiger charge is 2.42. The van der Waals surface area contributed by atoms with E-state index in [9.17, 15) is 9.18 Å². The normalized spacial score (nSPS) is 16.6. The first-order chi connectivity index (χ1) is 8.08. The van der Waals surface area contributed by atoms with Gasteiger partial charge in [-0.05, 0) is 40.9 Å². The molecule has 0 bridgehead atoms. The molecule has 0 aliphatic heterocycles. The number of carbonyl (C=O) groups is 1. The molecule has 1 aromatic rings. The second-order valence-corrected chi connectivity index (χ2v) is 5.24. The summed E-state index contributed by atoms with van der Waals surface area (Å²) in [5, 5.41) is 11.8. The van der Waals surface area contributed by atoms with Crippen LogP contribution in [0.15, 0.2) is 22.7 Å². The molecule has 1 amide bonds. The van der Waals surface area contributed by atoms with E-state index in [0.29, 0.717) is 6.54 Å². The molecule has 92 valence electrons. The predicted molar refractivity (Wildman–Crippen MR) is 65.2 cm³/mol. The molecule has 17 heavy (non-hydrogen) atoms. The Morgan fingerprint density at radius 2 is 2.24 bits per heavy atom. The lowest BCUT2D eigenvalue weighted by atomic mass is 10.1. The van der Waals surface area contributed by atoms with E-state index in [2.05, 4.69) is 21.2 Å². The van der Waals surface area contributed by atoms with Crippen molar-refractivity contribution in [2.24, 2.45) is 5.41 Å². The summed E-state index contributed by atoms with van der Waals surface area (Å²) < 4.78 is 13.4. The number of benzene rings is 1. The van der Waals surface area contributed by atoms with Crippen LogP contribution >= 0.6 is 15.9 Å². The monoisotopic (exact) mass is 301 g/mol. The number of hydrogen-bond acceptors (Lipinski definition) is 2. The lowest BCUT2D eigenvalue weighted by Gasteiger charge is -2.13. The summed E-state index contributed by atoms with van der Waals surface area (Å²) in [6.07, 6.45) is 1.85. The minimum atomic E-state index is -0.457. The molecule has 2 rings (SSSR count).